The van der Waals surface area contributed by atoms with Crippen molar-refractivity contribution >= 4 is 60.9 Å². The van der Waals surface area contributed by atoms with E-state index in [1.165, 1.54) is 6.07 Å². The highest BCUT2D eigenvalue weighted by Gasteiger charge is 2.23. The van der Waals surface area contributed by atoms with E-state index in [1.54, 1.807) is 28.8 Å². The van der Waals surface area contributed by atoms with Crippen LogP contribution in [0.1, 0.15) is 11.1 Å². The van der Waals surface area contributed by atoms with Gasteiger partial charge in [-0.25, -0.2) is 8.42 Å². The first kappa shape index (κ1) is 26.4. The minimum absolute atomic E-state index is 0.0312. The summed E-state index contributed by atoms with van der Waals surface area (Å²) in [4.78, 5) is 26.0. The Morgan fingerprint density at radius 2 is 1.63 bits per heavy atom. The number of pyridine rings is 1. The summed E-state index contributed by atoms with van der Waals surface area (Å²) in [6, 6.07) is 23.9. The fourth-order valence-corrected chi connectivity index (χ4v) is 7.52. The van der Waals surface area contributed by atoms with E-state index < -0.39 is 21.4 Å². The first-order valence-electron chi connectivity index (χ1n) is 11.6. The van der Waals surface area contributed by atoms with Crippen LogP contribution in [-0.4, -0.2) is 24.5 Å². The average Bonchev–Trinajstić information content (AvgIpc) is 3.24. The molecule has 0 N–H and O–H groups in total. The molecule has 5 aromatic rings. The Hall–Kier alpha value is -3.23. The molecule has 0 saturated heterocycles. The summed E-state index contributed by atoms with van der Waals surface area (Å²) in [7, 11) is -3.84. The van der Waals surface area contributed by atoms with Gasteiger partial charge in [-0.15, -0.1) is 11.3 Å². The smallest absolute Gasteiger partial charge is 0.262 e. The van der Waals surface area contributed by atoms with Crippen molar-refractivity contribution in [1.29, 1.82) is 0 Å². The van der Waals surface area contributed by atoms with Gasteiger partial charge in [-0.3, -0.25) is 14.2 Å². The second kappa shape index (κ2) is 10.5. The number of aromatic nitrogens is 1. The van der Waals surface area contributed by atoms with Crippen LogP contribution in [-0.2, 0) is 21.1 Å². The van der Waals surface area contributed by atoms with Gasteiger partial charge in [0.1, 0.15) is 14.3 Å². The number of fused-ring (bicyclic) bond motifs is 1. The number of halogens is 2. The Kier molecular flexibility index (Phi) is 7.29. The molecule has 0 fully saturated rings. The Morgan fingerprint density at radius 3 is 2.29 bits per heavy atom. The number of aryl methyl sites for hydroxylation is 1. The molecular weight excluding hydrogens is 561 g/mol. The molecule has 5 nitrogen and oxygen atoms in total. The predicted octanol–water partition coefficient (Wildman–Crippen LogP) is 6.92. The maximum Gasteiger partial charge on any atom is 0.262 e. The molecule has 38 heavy (non-hydrogen) atoms. The molecule has 0 aliphatic heterocycles. The van der Waals surface area contributed by atoms with E-state index >= 15 is 0 Å². The zero-order valence-corrected chi connectivity index (χ0v) is 23.3. The van der Waals surface area contributed by atoms with Crippen LogP contribution >= 0.6 is 34.5 Å². The lowest BCUT2D eigenvalue weighted by Crippen LogP contribution is -2.19. The standard InChI is InChI=1S/C29H21Cl2NO4S2/c1-18-7-12-23-24(13-18)25(20-5-3-2-4-6-20)16-32(29(23)34)21-10-8-19(9-11-21)14-22(33)17-38(35,36)27-15-26(30)28(31)37-27/h2-13,15-16H,14,17H2,1H3. The van der Waals surface area contributed by atoms with Crippen molar-refractivity contribution in [2.45, 2.75) is 17.6 Å². The lowest BCUT2D eigenvalue weighted by atomic mass is 9.99. The highest BCUT2D eigenvalue weighted by molar-refractivity contribution is 7.94. The van der Waals surface area contributed by atoms with E-state index in [0.29, 0.717) is 16.6 Å². The second-order valence-electron chi connectivity index (χ2n) is 8.96. The normalized spacial score (nSPS) is 11.7. The van der Waals surface area contributed by atoms with E-state index in [2.05, 4.69) is 0 Å². The molecule has 0 saturated carbocycles. The van der Waals surface area contributed by atoms with Gasteiger partial charge in [0.2, 0.25) is 0 Å². The topological polar surface area (TPSA) is 73.2 Å². The maximum atomic E-state index is 13.4. The van der Waals surface area contributed by atoms with E-state index in [4.69, 9.17) is 23.2 Å². The largest absolute Gasteiger partial charge is 0.298 e. The number of ketones is 1. The van der Waals surface area contributed by atoms with Gasteiger partial charge < -0.3 is 0 Å². The molecule has 0 atom stereocenters. The van der Waals surface area contributed by atoms with Gasteiger partial charge >= 0.3 is 0 Å². The van der Waals surface area contributed by atoms with Crippen LogP contribution in [0.25, 0.3) is 27.6 Å². The van der Waals surface area contributed by atoms with Crippen LogP contribution in [0.5, 0.6) is 0 Å². The number of hydrogen-bond donors (Lipinski definition) is 0. The van der Waals surface area contributed by atoms with Crippen molar-refractivity contribution in [1.82, 2.24) is 4.57 Å². The molecule has 3 aromatic carbocycles. The number of hydrogen-bond acceptors (Lipinski definition) is 5. The van der Waals surface area contributed by atoms with Crippen molar-refractivity contribution in [3.8, 4) is 16.8 Å². The molecule has 0 amide bonds. The van der Waals surface area contributed by atoms with Crippen molar-refractivity contribution in [3.63, 3.8) is 0 Å². The van der Waals surface area contributed by atoms with Crippen LogP contribution in [0.3, 0.4) is 0 Å². The number of carbonyl (C=O) groups excluding carboxylic acids is 1. The van der Waals surface area contributed by atoms with Crippen molar-refractivity contribution in [2.75, 3.05) is 5.75 Å². The Morgan fingerprint density at radius 1 is 0.921 bits per heavy atom. The van der Waals surface area contributed by atoms with Crippen molar-refractivity contribution < 1.29 is 13.2 Å². The maximum absolute atomic E-state index is 13.4. The van der Waals surface area contributed by atoms with Gasteiger partial charge in [0.05, 0.1) is 5.02 Å². The number of rotatable bonds is 7. The number of sulfone groups is 1. The number of nitrogens with zero attached hydrogens (tertiary/aromatic N) is 1. The van der Waals surface area contributed by atoms with Crippen LogP contribution < -0.4 is 5.56 Å². The molecular formula is C29H21Cl2NO4S2. The summed E-state index contributed by atoms with van der Waals surface area (Å²) in [6.07, 6.45) is 1.77. The van der Waals surface area contributed by atoms with Gasteiger partial charge in [0.25, 0.3) is 5.56 Å². The SMILES string of the molecule is Cc1ccc2c(=O)n(-c3ccc(CC(=O)CS(=O)(=O)c4cc(Cl)c(Cl)s4)cc3)cc(-c3ccccc3)c2c1. The Balaban J connectivity index is 1.44. The van der Waals surface area contributed by atoms with Crippen LogP contribution in [0.15, 0.2) is 94.1 Å². The number of carbonyl (C=O) groups is 1. The van der Waals surface area contributed by atoms with Crippen molar-refractivity contribution in [3.05, 3.63) is 116 Å². The second-order valence-corrected chi connectivity index (χ2v) is 13.2. The molecule has 0 bridgehead atoms. The summed E-state index contributed by atoms with van der Waals surface area (Å²) in [5.74, 6) is -1.10. The van der Waals surface area contributed by atoms with E-state index in [9.17, 15) is 18.0 Å². The quantitative estimate of drug-likeness (QED) is 0.209. The van der Waals surface area contributed by atoms with Gasteiger partial charge in [-0.1, -0.05) is 83.4 Å². The molecule has 0 aliphatic carbocycles. The van der Waals surface area contributed by atoms with E-state index in [-0.39, 0.29) is 25.5 Å². The van der Waals surface area contributed by atoms with Crippen LogP contribution in [0.4, 0.5) is 0 Å². The van der Waals surface area contributed by atoms with Gasteiger partial charge in [-0.2, -0.15) is 0 Å². The molecule has 9 heteroatoms. The number of benzene rings is 3. The Labute approximate surface area is 233 Å². The third-order valence-corrected chi connectivity index (χ3v) is 10.3. The molecule has 0 spiro atoms. The fraction of sp³-hybridized carbons (Fsp3) is 0.103. The molecule has 0 unspecified atom stereocenters. The Bertz CT molecular complexity index is 1820. The minimum atomic E-state index is -3.84. The van der Waals surface area contributed by atoms with E-state index in [0.717, 1.165) is 33.4 Å². The summed E-state index contributed by atoms with van der Waals surface area (Å²) < 4.78 is 26.9. The van der Waals surface area contributed by atoms with E-state index in [1.807, 2.05) is 61.7 Å². The zero-order valence-electron chi connectivity index (χ0n) is 20.1. The number of Topliss-reactive ketones (excluding diaryl/α,β-unsaturated/α-hetero) is 1. The van der Waals surface area contributed by atoms with Crippen molar-refractivity contribution in [2.24, 2.45) is 0 Å². The molecule has 2 aromatic heterocycles. The monoisotopic (exact) mass is 581 g/mol. The fourth-order valence-electron chi connectivity index (χ4n) is 4.31. The highest BCUT2D eigenvalue weighted by Crippen LogP contribution is 2.35. The van der Waals surface area contributed by atoms with Gasteiger partial charge in [0.15, 0.2) is 15.6 Å². The molecule has 192 valence electrons. The third-order valence-electron chi connectivity index (χ3n) is 6.15. The average molecular weight is 583 g/mol. The van der Waals surface area contributed by atoms with Gasteiger partial charge in [0, 0.05) is 29.3 Å². The first-order valence-corrected chi connectivity index (χ1v) is 14.8. The lowest BCUT2D eigenvalue weighted by Gasteiger charge is -2.14. The summed E-state index contributed by atoms with van der Waals surface area (Å²) >= 11 is 12.6. The predicted molar refractivity (Wildman–Crippen MR) is 155 cm³/mol. The van der Waals surface area contributed by atoms with Crippen LogP contribution in [0, 0.1) is 6.92 Å². The molecule has 2 heterocycles. The first-order chi connectivity index (χ1) is 18.1. The zero-order chi connectivity index (χ0) is 27.0. The molecule has 0 aliphatic rings. The van der Waals surface area contributed by atoms with Gasteiger partial charge in [-0.05, 0) is 47.7 Å². The molecule has 0 radical (unpaired) electrons. The molecule has 5 rings (SSSR count). The lowest BCUT2D eigenvalue weighted by molar-refractivity contribution is -0.116. The summed E-state index contributed by atoms with van der Waals surface area (Å²) in [5, 5.41) is 1.64. The highest BCUT2D eigenvalue weighted by atomic mass is 35.5. The summed E-state index contributed by atoms with van der Waals surface area (Å²) in [6.45, 7) is 2.00. The minimum Gasteiger partial charge on any atom is -0.298 e. The third kappa shape index (κ3) is 5.33. The summed E-state index contributed by atoms with van der Waals surface area (Å²) in [5.41, 5.74) is 4.12. The van der Waals surface area contributed by atoms with Crippen LogP contribution in [0.2, 0.25) is 9.36 Å². The number of thiophene rings is 1.